The van der Waals surface area contributed by atoms with Gasteiger partial charge in [0.15, 0.2) is 0 Å². The number of hydrogen-bond acceptors (Lipinski definition) is 5. The van der Waals surface area contributed by atoms with Crippen LogP contribution >= 0.6 is 34.5 Å². The summed E-state index contributed by atoms with van der Waals surface area (Å²) in [5.74, 6) is 0. The molecule has 9 heteroatoms. The third-order valence-corrected chi connectivity index (χ3v) is 5.37. The Morgan fingerprint density at radius 2 is 2.05 bits per heavy atom. The maximum absolute atomic E-state index is 12.0. The van der Waals surface area contributed by atoms with E-state index in [9.17, 15) is 13.5 Å². The Kier molecular flexibility index (Phi) is 5.65. The van der Waals surface area contributed by atoms with Crippen molar-refractivity contribution >= 4 is 44.6 Å². The summed E-state index contributed by atoms with van der Waals surface area (Å²) in [5, 5.41) is 10.0. The van der Waals surface area contributed by atoms with E-state index in [4.69, 9.17) is 23.2 Å². The Morgan fingerprint density at radius 3 is 2.47 bits per heavy atom. The van der Waals surface area contributed by atoms with Gasteiger partial charge in [0.25, 0.3) is 0 Å². The predicted octanol–water partition coefficient (Wildman–Crippen LogP) is 1.65. The van der Waals surface area contributed by atoms with Crippen molar-refractivity contribution in [3.05, 3.63) is 14.7 Å². The van der Waals surface area contributed by atoms with Crippen molar-refractivity contribution in [1.29, 1.82) is 0 Å². The first kappa shape index (κ1) is 17.2. The van der Waals surface area contributed by atoms with Gasteiger partial charge in [-0.2, -0.15) is 0 Å². The standard InChI is InChI=1S/C10H16Cl2N2O3S2/c1-10(15,6-14(2)3)5-13-19(16,17)7-4-8(11)18-9(7)12/h4,13,15H,5-6H2,1-3H3. The van der Waals surface area contributed by atoms with Gasteiger partial charge in [0, 0.05) is 13.1 Å². The number of halogens is 2. The molecule has 1 rings (SSSR count). The van der Waals surface area contributed by atoms with Crippen LogP contribution in [0.15, 0.2) is 11.0 Å². The third kappa shape index (κ3) is 5.18. The van der Waals surface area contributed by atoms with Gasteiger partial charge in [-0.05, 0) is 27.1 Å². The maximum Gasteiger partial charge on any atom is 0.243 e. The van der Waals surface area contributed by atoms with Crippen LogP contribution in [0.25, 0.3) is 0 Å². The second kappa shape index (κ2) is 6.26. The number of nitrogens with zero attached hydrogens (tertiary/aromatic N) is 1. The minimum atomic E-state index is -3.77. The molecule has 0 bridgehead atoms. The molecule has 19 heavy (non-hydrogen) atoms. The molecule has 1 atom stereocenters. The van der Waals surface area contributed by atoms with E-state index in [-0.39, 0.29) is 15.8 Å². The number of aliphatic hydroxyl groups is 1. The van der Waals surface area contributed by atoms with Crippen molar-refractivity contribution < 1.29 is 13.5 Å². The Morgan fingerprint density at radius 1 is 1.47 bits per heavy atom. The number of rotatable bonds is 6. The average molecular weight is 347 g/mol. The van der Waals surface area contributed by atoms with Crippen LogP contribution in [0.5, 0.6) is 0 Å². The molecular weight excluding hydrogens is 331 g/mol. The smallest absolute Gasteiger partial charge is 0.243 e. The zero-order chi connectivity index (χ0) is 14.8. The van der Waals surface area contributed by atoms with E-state index in [1.54, 1.807) is 25.9 Å². The molecule has 0 aliphatic carbocycles. The summed E-state index contributed by atoms with van der Waals surface area (Å²) < 4.78 is 26.8. The van der Waals surface area contributed by atoms with E-state index in [0.29, 0.717) is 10.9 Å². The number of thiophene rings is 1. The molecule has 0 aromatic carbocycles. The molecule has 0 aliphatic heterocycles. The molecule has 1 heterocycles. The van der Waals surface area contributed by atoms with E-state index in [0.717, 1.165) is 11.3 Å². The van der Waals surface area contributed by atoms with Gasteiger partial charge in [-0.1, -0.05) is 23.2 Å². The van der Waals surface area contributed by atoms with Crippen molar-refractivity contribution in [2.75, 3.05) is 27.2 Å². The molecule has 1 aromatic heterocycles. The lowest BCUT2D eigenvalue weighted by atomic mass is 10.1. The molecule has 0 spiro atoms. The van der Waals surface area contributed by atoms with E-state index >= 15 is 0 Å². The highest BCUT2D eigenvalue weighted by molar-refractivity contribution is 7.89. The molecule has 0 amide bonds. The highest BCUT2D eigenvalue weighted by Crippen LogP contribution is 2.34. The highest BCUT2D eigenvalue weighted by atomic mass is 35.5. The summed E-state index contributed by atoms with van der Waals surface area (Å²) in [7, 11) is -0.193. The van der Waals surface area contributed by atoms with Crippen LogP contribution in [-0.2, 0) is 10.0 Å². The third-order valence-electron chi connectivity index (χ3n) is 2.21. The quantitative estimate of drug-likeness (QED) is 0.821. The Bertz CT molecular complexity index is 541. The molecule has 0 aliphatic rings. The van der Waals surface area contributed by atoms with Crippen LogP contribution in [-0.4, -0.2) is 51.2 Å². The SMILES string of the molecule is CN(C)CC(C)(O)CNS(=O)(=O)c1cc(Cl)sc1Cl. The van der Waals surface area contributed by atoms with Gasteiger partial charge in [-0.15, -0.1) is 11.3 Å². The Hall–Kier alpha value is 0.110. The summed E-state index contributed by atoms with van der Waals surface area (Å²) >= 11 is 12.5. The largest absolute Gasteiger partial charge is 0.387 e. The Balaban J connectivity index is 2.79. The molecule has 0 saturated carbocycles. The van der Waals surface area contributed by atoms with E-state index < -0.39 is 15.6 Å². The fraction of sp³-hybridized carbons (Fsp3) is 0.600. The molecule has 0 radical (unpaired) electrons. The first-order valence-corrected chi connectivity index (χ1v) is 8.41. The maximum atomic E-state index is 12.0. The minimum Gasteiger partial charge on any atom is -0.387 e. The lowest BCUT2D eigenvalue weighted by molar-refractivity contribution is 0.0386. The van der Waals surface area contributed by atoms with E-state index in [1.165, 1.54) is 6.07 Å². The number of nitrogens with one attached hydrogen (secondary N) is 1. The second-order valence-electron chi connectivity index (χ2n) is 4.75. The number of likely N-dealkylation sites (N-methyl/N-ethyl adjacent to an activating group) is 1. The lowest BCUT2D eigenvalue weighted by Gasteiger charge is -2.26. The fourth-order valence-electron chi connectivity index (χ4n) is 1.57. The van der Waals surface area contributed by atoms with Gasteiger partial charge in [0.05, 0.1) is 9.94 Å². The van der Waals surface area contributed by atoms with Crippen LogP contribution in [0.1, 0.15) is 6.92 Å². The zero-order valence-electron chi connectivity index (χ0n) is 10.8. The van der Waals surface area contributed by atoms with Crippen LogP contribution in [0.3, 0.4) is 0 Å². The average Bonchev–Trinajstić information content (AvgIpc) is 2.54. The summed E-state index contributed by atoms with van der Waals surface area (Å²) in [4.78, 5) is 1.70. The lowest BCUT2D eigenvalue weighted by Crippen LogP contribution is -2.47. The fourth-order valence-corrected chi connectivity index (χ4v) is 4.88. The second-order valence-corrected chi connectivity index (χ2v) is 8.77. The van der Waals surface area contributed by atoms with Crippen molar-refractivity contribution in [1.82, 2.24) is 9.62 Å². The van der Waals surface area contributed by atoms with Gasteiger partial charge >= 0.3 is 0 Å². The molecule has 2 N–H and O–H groups in total. The normalized spacial score (nSPS) is 15.7. The zero-order valence-corrected chi connectivity index (χ0v) is 13.9. The van der Waals surface area contributed by atoms with Crippen LogP contribution in [0, 0.1) is 0 Å². The monoisotopic (exact) mass is 346 g/mol. The molecular formula is C10H16Cl2N2O3S2. The first-order chi connectivity index (χ1) is 8.53. The van der Waals surface area contributed by atoms with Crippen LogP contribution in [0.2, 0.25) is 8.67 Å². The van der Waals surface area contributed by atoms with Crippen LogP contribution in [0.4, 0.5) is 0 Å². The van der Waals surface area contributed by atoms with Gasteiger partial charge in [0.1, 0.15) is 9.23 Å². The van der Waals surface area contributed by atoms with Gasteiger partial charge < -0.3 is 10.0 Å². The van der Waals surface area contributed by atoms with E-state index in [2.05, 4.69) is 4.72 Å². The predicted molar refractivity (Wildman–Crippen MR) is 78.7 cm³/mol. The van der Waals surface area contributed by atoms with Gasteiger partial charge in [-0.25, -0.2) is 13.1 Å². The molecule has 1 unspecified atom stereocenters. The van der Waals surface area contributed by atoms with Crippen LogP contribution < -0.4 is 4.72 Å². The summed E-state index contributed by atoms with van der Waals surface area (Å²) in [6.45, 7) is 1.77. The minimum absolute atomic E-state index is 0.0650. The summed E-state index contributed by atoms with van der Waals surface area (Å²) in [6, 6.07) is 1.29. The van der Waals surface area contributed by atoms with Gasteiger partial charge in [-0.3, -0.25) is 0 Å². The van der Waals surface area contributed by atoms with Crippen molar-refractivity contribution in [3.8, 4) is 0 Å². The van der Waals surface area contributed by atoms with Gasteiger partial charge in [0.2, 0.25) is 10.0 Å². The molecule has 5 nitrogen and oxygen atoms in total. The highest BCUT2D eigenvalue weighted by Gasteiger charge is 2.27. The molecule has 0 saturated heterocycles. The van der Waals surface area contributed by atoms with Crippen molar-refractivity contribution in [2.24, 2.45) is 0 Å². The summed E-state index contributed by atoms with van der Waals surface area (Å²) in [6.07, 6.45) is 0. The first-order valence-electron chi connectivity index (χ1n) is 5.35. The Labute approximate surface area is 127 Å². The van der Waals surface area contributed by atoms with Crippen molar-refractivity contribution in [2.45, 2.75) is 17.4 Å². The molecule has 110 valence electrons. The topological polar surface area (TPSA) is 69.6 Å². The number of hydrogen-bond donors (Lipinski definition) is 2. The summed E-state index contributed by atoms with van der Waals surface area (Å²) in [5.41, 5.74) is -1.18. The number of sulfonamides is 1. The van der Waals surface area contributed by atoms with Crippen molar-refractivity contribution in [3.63, 3.8) is 0 Å². The van der Waals surface area contributed by atoms with E-state index in [1.807, 2.05) is 0 Å². The molecule has 1 aromatic rings. The molecule has 0 fully saturated rings.